The third-order valence-corrected chi connectivity index (χ3v) is 2.61. The molecule has 0 aliphatic rings. The molecular weight excluding hydrogens is 212 g/mol. The SMILES string of the molecule is Cc1ncoc1C(=O)N(C)C(C)(C)C(=O)O. The van der Waals surface area contributed by atoms with Crippen molar-refractivity contribution in [2.24, 2.45) is 0 Å². The highest BCUT2D eigenvalue weighted by molar-refractivity contribution is 5.96. The van der Waals surface area contributed by atoms with E-state index in [1.165, 1.54) is 20.9 Å². The van der Waals surface area contributed by atoms with Crippen molar-refractivity contribution in [1.29, 1.82) is 0 Å². The van der Waals surface area contributed by atoms with Gasteiger partial charge in [-0.15, -0.1) is 0 Å². The second-order valence-corrected chi connectivity index (χ2v) is 4.00. The van der Waals surface area contributed by atoms with Gasteiger partial charge in [0.15, 0.2) is 6.39 Å². The Morgan fingerprint density at radius 3 is 2.44 bits per heavy atom. The van der Waals surface area contributed by atoms with Gasteiger partial charge in [-0.2, -0.15) is 0 Å². The van der Waals surface area contributed by atoms with Crippen LogP contribution in [0.25, 0.3) is 0 Å². The van der Waals surface area contributed by atoms with Gasteiger partial charge in [0.2, 0.25) is 5.76 Å². The molecule has 0 aliphatic carbocycles. The molecular formula is C10H14N2O4. The summed E-state index contributed by atoms with van der Waals surface area (Å²) in [4.78, 5) is 27.8. The van der Waals surface area contributed by atoms with Crippen molar-refractivity contribution in [3.8, 4) is 0 Å². The van der Waals surface area contributed by atoms with Gasteiger partial charge in [0.1, 0.15) is 5.54 Å². The summed E-state index contributed by atoms with van der Waals surface area (Å²) in [5.74, 6) is -1.51. The summed E-state index contributed by atoms with van der Waals surface area (Å²) in [6.45, 7) is 4.51. The number of aromatic nitrogens is 1. The van der Waals surface area contributed by atoms with Gasteiger partial charge in [-0.25, -0.2) is 9.78 Å². The van der Waals surface area contributed by atoms with Crippen molar-refractivity contribution in [1.82, 2.24) is 9.88 Å². The Morgan fingerprint density at radius 2 is 2.06 bits per heavy atom. The number of hydrogen-bond donors (Lipinski definition) is 1. The van der Waals surface area contributed by atoms with E-state index in [-0.39, 0.29) is 5.76 Å². The number of amides is 1. The lowest BCUT2D eigenvalue weighted by Gasteiger charge is -2.30. The van der Waals surface area contributed by atoms with Crippen LogP contribution in [0, 0.1) is 6.92 Å². The minimum absolute atomic E-state index is 0.0665. The molecule has 88 valence electrons. The molecule has 0 unspecified atom stereocenters. The minimum atomic E-state index is -1.30. The van der Waals surface area contributed by atoms with Gasteiger partial charge in [0.05, 0.1) is 5.69 Å². The molecule has 0 saturated carbocycles. The Labute approximate surface area is 92.9 Å². The number of oxazole rings is 1. The van der Waals surface area contributed by atoms with Crippen molar-refractivity contribution in [3.05, 3.63) is 17.8 Å². The molecule has 1 N–H and O–H groups in total. The van der Waals surface area contributed by atoms with Crippen molar-refractivity contribution in [3.63, 3.8) is 0 Å². The van der Waals surface area contributed by atoms with E-state index in [0.717, 1.165) is 11.3 Å². The molecule has 16 heavy (non-hydrogen) atoms. The van der Waals surface area contributed by atoms with E-state index in [0.29, 0.717) is 5.69 Å². The monoisotopic (exact) mass is 226 g/mol. The highest BCUT2D eigenvalue weighted by Crippen LogP contribution is 2.17. The molecule has 1 aromatic heterocycles. The van der Waals surface area contributed by atoms with Crippen LogP contribution >= 0.6 is 0 Å². The molecule has 0 bridgehead atoms. The van der Waals surface area contributed by atoms with E-state index in [1.54, 1.807) is 6.92 Å². The number of carbonyl (C=O) groups is 2. The first-order valence-corrected chi connectivity index (χ1v) is 4.70. The topological polar surface area (TPSA) is 83.6 Å². The lowest BCUT2D eigenvalue weighted by Crippen LogP contribution is -2.50. The van der Waals surface area contributed by atoms with Crippen LogP contribution in [0.3, 0.4) is 0 Å². The zero-order valence-corrected chi connectivity index (χ0v) is 9.64. The summed E-state index contributed by atoms with van der Waals surface area (Å²) in [6, 6.07) is 0. The van der Waals surface area contributed by atoms with Crippen LogP contribution in [-0.4, -0.2) is 39.5 Å². The van der Waals surface area contributed by atoms with Crippen LogP contribution in [0.15, 0.2) is 10.8 Å². The van der Waals surface area contributed by atoms with Crippen LogP contribution in [0.5, 0.6) is 0 Å². The zero-order chi connectivity index (χ0) is 12.5. The highest BCUT2D eigenvalue weighted by Gasteiger charge is 2.37. The Morgan fingerprint density at radius 1 is 1.50 bits per heavy atom. The van der Waals surface area contributed by atoms with Gasteiger partial charge in [-0.05, 0) is 20.8 Å². The fourth-order valence-electron chi connectivity index (χ4n) is 1.06. The number of rotatable bonds is 3. The molecule has 1 heterocycles. The molecule has 6 heteroatoms. The minimum Gasteiger partial charge on any atom is -0.480 e. The number of aryl methyl sites for hydroxylation is 1. The maximum atomic E-state index is 11.9. The first-order chi connectivity index (χ1) is 7.28. The maximum absolute atomic E-state index is 11.9. The van der Waals surface area contributed by atoms with Crippen molar-refractivity contribution < 1.29 is 19.1 Å². The van der Waals surface area contributed by atoms with Crippen molar-refractivity contribution in [2.45, 2.75) is 26.3 Å². The van der Waals surface area contributed by atoms with E-state index in [1.807, 2.05) is 0 Å². The Kier molecular flexibility index (Phi) is 3.02. The Hall–Kier alpha value is -1.85. The van der Waals surface area contributed by atoms with E-state index < -0.39 is 17.4 Å². The number of aliphatic carboxylic acids is 1. The molecule has 0 fully saturated rings. The Balaban J connectivity index is 3.00. The number of carbonyl (C=O) groups excluding carboxylic acids is 1. The second kappa shape index (κ2) is 3.96. The third kappa shape index (κ3) is 1.91. The van der Waals surface area contributed by atoms with E-state index in [2.05, 4.69) is 4.98 Å². The Bertz CT molecular complexity index is 422. The van der Waals surface area contributed by atoms with Gasteiger partial charge in [0, 0.05) is 7.05 Å². The predicted molar refractivity (Wildman–Crippen MR) is 55.0 cm³/mol. The highest BCUT2D eigenvalue weighted by atomic mass is 16.4. The molecule has 0 radical (unpaired) electrons. The van der Waals surface area contributed by atoms with Crippen LogP contribution in [-0.2, 0) is 4.79 Å². The number of hydrogen-bond acceptors (Lipinski definition) is 4. The number of carboxylic acids is 1. The van der Waals surface area contributed by atoms with Crippen LogP contribution < -0.4 is 0 Å². The van der Waals surface area contributed by atoms with Gasteiger partial charge in [-0.1, -0.05) is 0 Å². The number of likely N-dealkylation sites (N-methyl/N-ethyl adjacent to an activating group) is 1. The first-order valence-electron chi connectivity index (χ1n) is 4.70. The third-order valence-electron chi connectivity index (χ3n) is 2.61. The smallest absolute Gasteiger partial charge is 0.329 e. The van der Waals surface area contributed by atoms with E-state index >= 15 is 0 Å². The zero-order valence-electron chi connectivity index (χ0n) is 9.64. The average Bonchev–Trinajstić information content (AvgIpc) is 2.61. The largest absolute Gasteiger partial charge is 0.480 e. The molecule has 6 nitrogen and oxygen atoms in total. The molecule has 0 spiro atoms. The fraction of sp³-hybridized carbons (Fsp3) is 0.500. The average molecular weight is 226 g/mol. The lowest BCUT2D eigenvalue weighted by atomic mass is 10.0. The summed E-state index contributed by atoms with van der Waals surface area (Å²) in [7, 11) is 1.42. The summed E-state index contributed by atoms with van der Waals surface area (Å²) < 4.78 is 4.93. The van der Waals surface area contributed by atoms with E-state index in [4.69, 9.17) is 9.52 Å². The molecule has 1 amide bonds. The van der Waals surface area contributed by atoms with Crippen LogP contribution in [0.2, 0.25) is 0 Å². The number of nitrogens with zero attached hydrogens (tertiary/aromatic N) is 2. The predicted octanol–water partition coefficient (Wildman–Crippen LogP) is 0.918. The van der Waals surface area contributed by atoms with Crippen LogP contribution in [0.1, 0.15) is 30.1 Å². The standard InChI is InChI=1S/C10H14N2O4/c1-6-7(16-5-11-6)8(13)12(4)10(2,3)9(14)15/h5H,1-4H3,(H,14,15). The quantitative estimate of drug-likeness (QED) is 0.828. The first kappa shape index (κ1) is 12.2. The summed E-state index contributed by atoms with van der Waals surface area (Å²) >= 11 is 0. The lowest BCUT2D eigenvalue weighted by molar-refractivity contribution is -0.147. The van der Waals surface area contributed by atoms with Gasteiger partial charge in [-0.3, -0.25) is 4.79 Å². The van der Waals surface area contributed by atoms with E-state index in [9.17, 15) is 9.59 Å². The number of carboxylic acid groups (broad SMARTS) is 1. The van der Waals surface area contributed by atoms with Gasteiger partial charge >= 0.3 is 5.97 Å². The van der Waals surface area contributed by atoms with Crippen molar-refractivity contribution in [2.75, 3.05) is 7.05 Å². The molecule has 0 saturated heterocycles. The summed E-state index contributed by atoms with van der Waals surface area (Å²) in [6.07, 6.45) is 1.16. The fourth-order valence-corrected chi connectivity index (χ4v) is 1.06. The van der Waals surface area contributed by atoms with Gasteiger partial charge in [0.25, 0.3) is 5.91 Å². The molecule has 1 aromatic rings. The molecule has 0 aromatic carbocycles. The molecule has 0 aliphatic heterocycles. The van der Waals surface area contributed by atoms with Crippen molar-refractivity contribution >= 4 is 11.9 Å². The maximum Gasteiger partial charge on any atom is 0.329 e. The summed E-state index contributed by atoms with van der Waals surface area (Å²) in [5.41, 5.74) is -0.853. The van der Waals surface area contributed by atoms with Gasteiger partial charge < -0.3 is 14.4 Å². The summed E-state index contributed by atoms with van der Waals surface area (Å²) in [5, 5.41) is 8.99. The van der Waals surface area contributed by atoms with Crippen LogP contribution in [0.4, 0.5) is 0 Å². The second-order valence-electron chi connectivity index (χ2n) is 4.00. The molecule has 1 rings (SSSR count). The molecule has 0 atom stereocenters. The normalized spacial score (nSPS) is 11.2.